The highest BCUT2D eigenvalue weighted by Crippen LogP contribution is 2.41. The van der Waals surface area contributed by atoms with Crippen LogP contribution in [0, 0.1) is 10.1 Å². The number of thiazole rings is 1. The molecular formula is C20H10N2O4S3. The molecule has 2 aromatic heterocycles. The number of carbonyl (C=O) groups excluding carboxylic acids is 1. The average molecular weight is 439 g/mol. The predicted molar refractivity (Wildman–Crippen MR) is 114 cm³/mol. The summed E-state index contributed by atoms with van der Waals surface area (Å²) < 4.78 is 7.31. The van der Waals surface area contributed by atoms with Gasteiger partial charge in [-0.05, 0) is 48.2 Å². The number of ketones is 1. The molecule has 0 bridgehead atoms. The topological polar surface area (TPSA) is 86.2 Å². The Morgan fingerprint density at radius 1 is 1.14 bits per heavy atom. The van der Waals surface area contributed by atoms with Gasteiger partial charge < -0.3 is 4.42 Å². The summed E-state index contributed by atoms with van der Waals surface area (Å²) in [7, 11) is 0. The molecule has 3 heterocycles. The molecule has 6 nitrogen and oxygen atoms in total. The van der Waals surface area contributed by atoms with Gasteiger partial charge >= 0.3 is 0 Å². The van der Waals surface area contributed by atoms with Crippen molar-refractivity contribution < 1.29 is 14.1 Å². The molecule has 29 heavy (non-hydrogen) atoms. The number of nitro groups is 1. The molecule has 0 amide bonds. The van der Waals surface area contributed by atoms with Crippen molar-refractivity contribution in [1.29, 1.82) is 0 Å². The van der Waals surface area contributed by atoms with E-state index in [0.29, 0.717) is 26.8 Å². The van der Waals surface area contributed by atoms with Crippen LogP contribution in [0.15, 0.2) is 78.2 Å². The summed E-state index contributed by atoms with van der Waals surface area (Å²) in [5, 5.41) is 11.6. The molecule has 0 radical (unpaired) electrons. The van der Waals surface area contributed by atoms with E-state index in [1.165, 1.54) is 47.0 Å². The average Bonchev–Trinajstić information content (AvgIpc) is 3.40. The van der Waals surface area contributed by atoms with Gasteiger partial charge in [-0.25, -0.2) is 4.98 Å². The molecule has 0 spiro atoms. The monoisotopic (exact) mass is 438 g/mol. The third-order valence-electron chi connectivity index (χ3n) is 4.20. The van der Waals surface area contributed by atoms with Crippen molar-refractivity contribution in [1.82, 2.24) is 4.98 Å². The Morgan fingerprint density at radius 2 is 2.00 bits per heavy atom. The Labute approximate surface area is 176 Å². The van der Waals surface area contributed by atoms with E-state index in [0.717, 1.165) is 13.9 Å². The van der Waals surface area contributed by atoms with E-state index in [2.05, 4.69) is 4.98 Å². The van der Waals surface area contributed by atoms with Crippen LogP contribution in [0.5, 0.6) is 0 Å². The number of Topliss-reactive ketones (excluding diaryl/α,β-unsaturated/α-hetero) is 1. The fourth-order valence-corrected chi connectivity index (χ4v) is 5.90. The first-order chi connectivity index (χ1) is 14.1. The van der Waals surface area contributed by atoms with Gasteiger partial charge in [0.05, 0.1) is 20.0 Å². The Balaban J connectivity index is 1.36. The van der Waals surface area contributed by atoms with Gasteiger partial charge in [0.15, 0.2) is 9.43 Å². The number of nitrogens with zero attached hydrogens (tertiary/aromatic N) is 2. The molecule has 2 aromatic carbocycles. The van der Waals surface area contributed by atoms with Crippen molar-refractivity contribution >= 4 is 62.6 Å². The van der Waals surface area contributed by atoms with Crippen molar-refractivity contribution in [2.45, 2.75) is 14.3 Å². The molecule has 0 saturated heterocycles. The van der Waals surface area contributed by atoms with Gasteiger partial charge in [0.25, 0.3) is 5.69 Å². The number of allylic oxidation sites excluding steroid dienone is 1. The smallest absolute Gasteiger partial charge is 0.270 e. The maximum absolute atomic E-state index is 12.5. The maximum Gasteiger partial charge on any atom is 0.270 e. The molecule has 4 aromatic rings. The number of nitro benzene ring substituents is 1. The summed E-state index contributed by atoms with van der Waals surface area (Å²) in [5.41, 5.74) is 1.47. The summed E-state index contributed by atoms with van der Waals surface area (Å²) >= 11 is 4.15. The third-order valence-corrected chi connectivity index (χ3v) is 7.30. The van der Waals surface area contributed by atoms with Gasteiger partial charge in [0.2, 0.25) is 5.78 Å². The number of carbonyl (C=O) groups is 1. The number of fused-ring (bicyclic) bond motifs is 2. The molecule has 1 aliphatic heterocycles. The van der Waals surface area contributed by atoms with Gasteiger partial charge in [-0.15, -0.1) is 11.3 Å². The molecule has 5 rings (SSSR count). The molecule has 0 N–H and O–H groups in total. The lowest BCUT2D eigenvalue weighted by Crippen LogP contribution is -1.93. The number of hydrogen-bond acceptors (Lipinski definition) is 8. The number of furan rings is 1. The minimum atomic E-state index is -0.418. The van der Waals surface area contributed by atoms with Gasteiger partial charge in [0.1, 0.15) is 5.76 Å². The molecule has 0 aliphatic carbocycles. The fraction of sp³-hybridized carbons (Fsp3) is 0. The molecule has 0 saturated carbocycles. The summed E-state index contributed by atoms with van der Waals surface area (Å²) in [4.78, 5) is 29.1. The first-order valence-corrected chi connectivity index (χ1v) is 10.9. The molecule has 1 aliphatic rings. The van der Waals surface area contributed by atoms with E-state index >= 15 is 0 Å². The number of non-ortho nitro benzene ring substituents is 1. The lowest BCUT2D eigenvalue weighted by atomic mass is 10.1. The summed E-state index contributed by atoms with van der Waals surface area (Å²) in [6.07, 6.45) is 1.75. The second-order valence-corrected chi connectivity index (χ2v) is 9.45. The first kappa shape index (κ1) is 18.2. The van der Waals surface area contributed by atoms with Crippen molar-refractivity contribution in [2.75, 3.05) is 0 Å². The van der Waals surface area contributed by atoms with Crippen LogP contribution < -0.4 is 0 Å². The largest absolute Gasteiger partial charge is 0.450 e. The van der Waals surface area contributed by atoms with Crippen molar-refractivity contribution in [2.24, 2.45) is 0 Å². The van der Waals surface area contributed by atoms with Crippen LogP contribution in [-0.4, -0.2) is 15.7 Å². The van der Waals surface area contributed by atoms with Crippen molar-refractivity contribution in [3.63, 3.8) is 0 Å². The van der Waals surface area contributed by atoms with Gasteiger partial charge in [-0.3, -0.25) is 14.9 Å². The molecule has 9 heteroatoms. The van der Waals surface area contributed by atoms with Gasteiger partial charge in [0, 0.05) is 22.6 Å². The Bertz CT molecular complexity index is 1320. The second-order valence-electron chi connectivity index (χ2n) is 6.08. The summed E-state index contributed by atoms with van der Waals surface area (Å²) in [6.45, 7) is 0. The molecular weight excluding hydrogens is 428 g/mol. The number of thioether (sulfide) groups is 1. The van der Waals surface area contributed by atoms with E-state index in [1.807, 2.05) is 36.4 Å². The highest BCUT2D eigenvalue weighted by atomic mass is 32.2. The number of aromatic nitrogens is 1. The van der Waals surface area contributed by atoms with Gasteiger partial charge in [-0.2, -0.15) is 0 Å². The van der Waals surface area contributed by atoms with Crippen LogP contribution in [0.4, 0.5) is 5.69 Å². The van der Waals surface area contributed by atoms with E-state index in [4.69, 9.17) is 4.42 Å². The second kappa shape index (κ2) is 7.18. The normalized spacial score (nSPS) is 14.6. The lowest BCUT2D eigenvalue weighted by molar-refractivity contribution is -0.384. The number of rotatable bonds is 4. The van der Waals surface area contributed by atoms with Crippen LogP contribution >= 0.6 is 34.9 Å². The van der Waals surface area contributed by atoms with Crippen molar-refractivity contribution in [3.05, 3.63) is 80.9 Å². The SMILES string of the molecule is O=C1/C(=C/c2ccc(Sc3nc4ccc([N+](=O)[O-])cc4s3)o2)Sc2ccccc21. The minimum Gasteiger partial charge on any atom is -0.450 e. The third kappa shape index (κ3) is 3.48. The quantitative estimate of drug-likeness (QED) is 0.211. The van der Waals surface area contributed by atoms with E-state index in [-0.39, 0.29) is 11.5 Å². The Hall–Kier alpha value is -2.88. The van der Waals surface area contributed by atoms with Crippen LogP contribution in [0.25, 0.3) is 16.3 Å². The lowest BCUT2D eigenvalue weighted by Gasteiger charge is -1.93. The zero-order valence-electron chi connectivity index (χ0n) is 14.5. The minimum absolute atomic E-state index is 0.00368. The fourth-order valence-electron chi connectivity index (χ4n) is 2.87. The first-order valence-electron chi connectivity index (χ1n) is 8.43. The Kier molecular flexibility index (Phi) is 4.50. The highest BCUT2D eigenvalue weighted by molar-refractivity contribution is 8.04. The zero-order chi connectivity index (χ0) is 20.0. The number of benzene rings is 2. The van der Waals surface area contributed by atoms with Crippen LogP contribution in [-0.2, 0) is 0 Å². The van der Waals surface area contributed by atoms with Crippen LogP contribution in [0.3, 0.4) is 0 Å². The van der Waals surface area contributed by atoms with Gasteiger partial charge in [-0.1, -0.05) is 23.9 Å². The van der Waals surface area contributed by atoms with Crippen LogP contribution in [0.1, 0.15) is 16.1 Å². The number of hydrogen-bond donors (Lipinski definition) is 0. The molecule has 142 valence electrons. The van der Waals surface area contributed by atoms with E-state index < -0.39 is 4.92 Å². The van der Waals surface area contributed by atoms with E-state index in [9.17, 15) is 14.9 Å². The predicted octanol–water partition coefficient (Wildman–Crippen LogP) is 6.28. The maximum atomic E-state index is 12.5. The Morgan fingerprint density at radius 3 is 2.83 bits per heavy atom. The summed E-state index contributed by atoms with van der Waals surface area (Å²) in [5.74, 6) is 0.594. The standard InChI is InChI=1S/C20H10N2O4S3/c23-19-13-3-1-2-4-15(13)27-17(19)10-12-6-8-18(26-12)29-20-21-14-7-5-11(22(24)25)9-16(14)28-20/h1-10H/b17-10-. The molecule has 0 unspecified atom stereocenters. The van der Waals surface area contributed by atoms with Crippen molar-refractivity contribution in [3.8, 4) is 0 Å². The zero-order valence-corrected chi connectivity index (χ0v) is 17.0. The molecule has 0 fully saturated rings. The molecule has 0 atom stereocenters. The van der Waals surface area contributed by atoms with E-state index in [1.54, 1.807) is 12.1 Å². The highest BCUT2D eigenvalue weighted by Gasteiger charge is 2.25. The summed E-state index contributed by atoms with van der Waals surface area (Å²) in [6, 6.07) is 15.8. The van der Waals surface area contributed by atoms with Crippen LogP contribution in [0.2, 0.25) is 0 Å².